The molecule has 0 saturated heterocycles. The highest BCUT2D eigenvalue weighted by atomic mass is 19.4. The van der Waals surface area contributed by atoms with Crippen molar-refractivity contribution in [2.24, 2.45) is 11.7 Å². The zero-order chi connectivity index (χ0) is 17.2. The van der Waals surface area contributed by atoms with Crippen LogP contribution >= 0.6 is 0 Å². The van der Waals surface area contributed by atoms with Gasteiger partial charge in [0.05, 0.1) is 11.1 Å². The first kappa shape index (κ1) is 17.8. The molecule has 0 fully saturated rings. The highest BCUT2D eigenvalue weighted by Crippen LogP contribution is 2.31. The molecule has 0 heterocycles. The van der Waals surface area contributed by atoms with Gasteiger partial charge in [-0.15, -0.1) is 0 Å². The molecular weight excluding hydrogens is 301 g/mol. The van der Waals surface area contributed by atoms with Crippen LogP contribution in [0.5, 0.6) is 0 Å². The monoisotopic (exact) mass is 318 g/mol. The molecule has 1 aromatic rings. The minimum atomic E-state index is -4.56. The summed E-state index contributed by atoms with van der Waals surface area (Å²) < 4.78 is 39.1. The number of amides is 1. The molecule has 0 radical (unpaired) electrons. The molecule has 1 unspecified atom stereocenters. The first-order valence-electron chi connectivity index (χ1n) is 6.46. The van der Waals surface area contributed by atoms with Gasteiger partial charge < -0.3 is 16.2 Å². The van der Waals surface area contributed by atoms with Crippen molar-refractivity contribution in [2.75, 3.05) is 5.32 Å². The lowest BCUT2D eigenvalue weighted by molar-refractivity contribution is -0.150. The maximum absolute atomic E-state index is 13.0. The maximum Gasteiger partial charge on any atom is 0.408 e. The second kappa shape index (κ2) is 6.25. The Labute approximate surface area is 125 Å². The Morgan fingerprint density at radius 2 is 1.77 bits per heavy atom. The molecule has 0 aliphatic rings. The fraction of sp³-hybridized carbons (Fsp3) is 0.429. The normalized spacial score (nSPS) is 13.0. The molecule has 1 amide bonds. The molecule has 22 heavy (non-hydrogen) atoms. The van der Waals surface area contributed by atoms with Gasteiger partial charge in [0, 0.05) is 5.69 Å². The van der Waals surface area contributed by atoms with Crippen LogP contribution in [-0.2, 0) is 0 Å². The number of hydrogen-bond acceptors (Lipinski definition) is 3. The summed E-state index contributed by atoms with van der Waals surface area (Å²) >= 11 is 0. The van der Waals surface area contributed by atoms with E-state index >= 15 is 0 Å². The van der Waals surface area contributed by atoms with Crippen LogP contribution in [0.2, 0.25) is 0 Å². The summed E-state index contributed by atoms with van der Waals surface area (Å²) in [6, 6.07) is 0.232. The van der Waals surface area contributed by atoms with E-state index in [1.807, 2.05) is 0 Å². The third kappa shape index (κ3) is 3.90. The Balaban J connectivity index is 3.40. The van der Waals surface area contributed by atoms with Crippen LogP contribution in [-0.4, -0.2) is 29.2 Å². The molecule has 0 aromatic heterocycles. The number of carboxylic acid groups (broad SMARTS) is 1. The summed E-state index contributed by atoms with van der Waals surface area (Å²) in [6.45, 7) is 4.16. The number of carboxylic acids is 1. The number of anilines is 1. The third-order valence-electron chi connectivity index (χ3n) is 3.19. The van der Waals surface area contributed by atoms with Gasteiger partial charge in [-0.2, -0.15) is 13.2 Å². The van der Waals surface area contributed by atoms with Crippen molar-refractivity contribution in [1.29, 1.82) is 0 Å². The first-order valence-corrected chi connectivity index (χ1v) is 6.46. The van der Waals surface area contributed by atoms with Crippen molar-refractivity contribution >= 4 is 17.6 Å². The van der Waals surface area contributed by atoms with E-state index in [4.69, 9.17) is 10.8 Å². The fourth-order valence-electron chi connectivity index (χ4n) is 2.06. The average Bonchev–Trinajstić information content (AvgIpc) is 2.34. The number of primary amides is 1. The number of halogens is 3. The van der Waals surface area contributed by atoms with Gasteiger partial charge in [0.2, 0.25) is 0 Å². The molecule has 1 aromatic carbocycles. The van der Waals surface area contributed by atoms with E-state index in [0.717, 1.165) is 6.07 Å². The predicted molar refractivity (Wildman–Crippen MR) is 75.0 cm³/mol. The molecule has 1 atom stereocenters. The van der Waals surface area contributed by atoms with E-state index in [-0.39, 0.29) is 22.4 Å². The summed E-state index contributed by atoms with van der Waals surface area (Å²) in [7, 11) is 0. The van der Waals surface area contributed by atoms with E-state index < -0.39 is 30.0 Å². The second-order valence-electron chi connectivity index (χ2n) is 5.29. The minimum absolute atomic E-state index is 0.183. The van der Waals surface area contributed by atoms with Gasteiger partial charge in [0.25, 0.3) is 5.91 Å². The van der Waals surface area contributed by atoms with Gasteiger partial charge in [-0.1, -0.05) is 13.8 Å². The highest BCUT2D eigenvalue weighted by molar-refractivity contribution is 6.01. The Morgan fingerprint density at radius 3 is 2.14 bits per heavy atom. The lowest BCUT2D eigenvalue weighted by atomic mass is 9.99. The zero-order valence-corrected chi connectivity index (χ0v) is 12.3. The second-order valence-corrected chi connectivity index (χ2v) is 5.29. The van der Waals surface area contributed by atoms with Crippen LogP contribution in [0.25, 0.3) is 0 Å². The summed E-state index contributed by atoms with van der Waals surface area (Å²) in [4.78, 5) is 22.5. The maximum atomic E-state index is 13.0. The van der Waals surface area contributed by atoms with E-state index in [1.165, 1.54) is 26.8 Å². The van der Waals surface area contributed by atoms with Crippen molar-refractivity contribution in [1.82, 2.24) is 0 Å². The summed E-state index contributed by atoms with van der Waals surface area (Å²) in [6.07, 6.45) is -4.56. The molecule has 5 nitrogen and oxygen atoms in total. The van der Waals surface area contributed by atoms with Crippen LogP contribution < -0.4 is 11.1 Å². The van der Waals surface area contributed by atoms with Gasteiger partial charge in [-0.05, 0) is 30.5 Å². The average molecular weight is 318 g/mol. The number of aromatic carboxylic acids is 1. The number of alkyl halides is 3. The first-order chi connectivity index (χ1) is 9.95. The standard InChI is InChI=1S/C14H17F3N2O3/c1-6(2)11(14(15,16)17)19-10-5-8(13(21)22)7(3)4-9(10)12(18)20/h4-6,11,19H,1-3H3,(H2,18,20)(H,21,22). The molecule has 0 aliphatic carbocycles. The van der Waals surface area contributed by atoms with Crippen LogP contribution in [0, 0.1) is 12.8 Å². The topological polar surface area (TPSA) is 92.4 Å². The number of carbonyl (C=O) groups is 2. The zero-order valence-electron chi connectivity index (χ0n) is 12.3. The molecule has 8 heteroatoms. The van der Waals surface area contributed by atoms with E-state index in [1.54, 1.807) is 0 Å². The molecule has 4 N–H and O–H groups in total. The Kier molecular flexibility index (Phi) is 5.05. The lowest BCUT2D eigenvalue weighted by Crippen LogP contribution is -2.41. The summed E-state index contributed by atoms with van der Waals surface area (Å²) in [5, 5.41) is 11.3. The molecule has 122 valence electrons. The number of nitrogens with one attached hydrogen (secondary N) is 1. The van der Waals surface area contributed by atoms with Crippen LogP contribution in [0.4, 0.5) is 18.9 Å². The lowest BCUT2D eigenvalue weighted by Gasteiger charge is -2.27. The van der Waals surface area contributed by atoms with Crippen LogP contribution in [0.1, 0.15) is 40.1 Å². The van der Waals surface area contributed by atoms with Crippen molar-refractivity contribution in [3.05, 3.63) is 28.8 Å². The van der Waals surface area contributed by atoms with Gasteiger partial charge in [-0.3, -0.25) is 4.79 Å². The third-order valence-corrected chi connectivity index (χ3v) is 3.19. The quantitative estimate of drug-likeness (QED) is 0.778. The Bertz CT molecular complexity index is 598. The summed E-state index contributed by atoms with van der Waals surface area (Å²) in [5.41, 5.74) is 4.78. The largest absolute Gasteiger partial charge is 0.478 e. The van der Waals surface area contributed by atoms with Crippen molar-refractivity contribution in [3.63, 3.8) is 0 Å². The number of rotatable bonds is 5. The van der Waals surface area contributed by atoms with Crippen LogP contribution in [0.3, 0.4) is 0 Å². The molecule has 0 saturated carbocycles. The van der Waals surface area contributed by atoms with Gasteiger partial charge in [0.15, 0.2) is 0 Å². The smallest absolute Gasteiger partial charge is 0.408 e. The van der Waals surface area contributed by atoms with Gasteiger partial charge in [0.1, 0.15) is 6.04 Å². The number of benzene rings is 1. The van der Waals surface area contributed by atoms with Crippen molar-refractivity contribution in [3.8, 4) is 0 Å². The Hall–Kier alpha value is -2.25. The van der Waals surface area contributed by atoms with E-state index in [2.05, 4.69) is 5.32 Å². The molecule has 0 spiro atoms. The predicted octanol–water partition coefficient (Wildman–Crippen LogP) is 2.79. The number of carbonyl (C=O) groups excluding carboxylic acids is 1. The molecule has 0 bridgehead atoms. The SMILES string of the molecule is Cc1cc(C(N)=O)c(NC(C(C)C)C(F)(F)F)cc1C(=O)O. The van der Waals surface area contributed by atoms with Crippen molar-refractivity contribution in [2.45, 2.75) is 33.0 Å². The number of hydrogen-bond donors (Lipinski definition) is 3. The van der Waals surface area contributed by atoms with E-state index in [0.29, 0.717) is 0 Å². The minimum Gasteiger partial charge on any atom is -0.478 e. The molecule has 0 aliphatic heterocycles. The molecule has 1 rings (SSSR count). The Morgan fingerprint density at radius 1 is 1.23 bits per heavy atom. The van der Waals surface area contributed by atoms with E-state index in [9.17, 15) is 22.8 Å². The van der Waals surface area contributed by atoms with Gasteiger partial charge in [-0.25, -0.2) is 4.79 Å². The van der Waals surface area contributed by atoms with Crippen LogP contribution in [0.15, 0.2) is 12.1 Å². The van der Waals surface area contributed by atoms with Gasteiger partial charge >= 0.3 is 12.1 Å². The fourth-order valence-corrected chi connectivity index (χ4v) is 2.06. The molecular formula is C14H17F3N2O3. The summed E-state index contributed by atoms with van der Waals surface area (Å²) in [5.74, 6) is -3.06. The number of aryl methyl sites for hydroxylation is 1. The number of nitrogens with two attached hydrogens (primary N) is 1. The highest BCUT2D eigenvalue weighted by Gasteiger charge is 2.42. The van der Waals surface area contributed by atoms with Crippen molar-refractivity contribution < 1.29 is 27.9 Å².